The molecule has 0 saturated carbocycles. The van der Waals surface area contributed by atoms with Gasteiger partial charge >= 0.3 is 0 Å². The molecule has 5 heteroatoms. The van der Waals surface area contributed by atoms with Gasteiger partial charge in [0, 0.05) is 20.8 Å². The molecule has 0 spiro atoms. The molecule has 2 unspecified atom stereocenters. The van der Waals surface area contributed by atoms with Gasteiger partial charge in [0.15, 0.2) is 0 Å². The normalized spacial score (nSPS) is 14.9. The number of nitrogens with zero attached hydrogens (tertiary/aromatic N) is 2. The molecule has 2 atom stereocenters. The summed E-state index contributed by atoms with van der Waals surface area (Å²) in [6.07, 6.45) is 2.68. The van der Waals surface area contributed by atoms with E-state index >= 15 is 0 Å². The van der Waals surface area contributed by atoms with Crippen LogP contribution in [0.1, 0.15) is 32.0 Å². The number of nitrogens with one attached hydrogen (secondary N) is 1. The lowest BCUT2D eigenvalue weighted by Gasteiger charge is -2.22. The molecular formula is C12H22ClN3O. The molecular weight excluding hydrogens is 238 g/mol. The number of rotatable bonds is 7. The summed E-state index contributed by atoms with van der Waals surface area (Å²) < 4.78 is 7.02. The Morgan fingerprint density at radius 1 is 1.59 bits per heavy atom. The van der Waals surface area contributed by atoms with Gasteiger partial charge in [-0.15, -0.1) is 0 Å². The molecule has 0 aliphatic carbocycles. The number of hydrogen-bond donors (Lipinski definition) is 1. The molecule has 4 nitrogen and oxygen atoms in total. The third kappa shape index (κ3) is 3.98. The van der Waals surface area contributed by atoms with E-state index in [2.05, 4.69) is 24.3 Å². The lowest BCUT2D eigenvalue weighted by Crippen LogP contribution is -2.26. The highest BCUT2D eigenvalue weighted by Gasteiger charge is 2.20. The average molecular weight is 260 g/mol. The topological polar surface area (TPSA) is 39.1 Å². The molecule has 0 saturated heterocycles. The molecule has 0 aliphatic rings. The Morgan fingerprint density at radius 3 is 2.76 bits per heavy atom. The fourth-order valence-electron chi connectivity index (χ4n) is 2.11. The molecule has 0 amide bonds. The Kier molecular flexibility index (Phi) is 5.95. The van der Waals surface area contributed by atoms with Crippen molar-refractivity contribution in [3.05, 3.63) is 16.9 Å². The zero-order valence-corrected chi connectivity index (χ0v) is 11.8. The van der Waals surface area contributed by atoms with Gasteiger partial charge in [-0.25, -0.2) is 0 Å². The van der Waals surface area contributed by atoms with Gasteiger partial charge < -0.3 is 10.1 Å². The first-order valence-electron chi connectivity index (χ1n) is 5.99. The lowest BCUT2D eigenvalue weighted by atomic mass is 10.00. The number of aromatic nitrogens is 2. The van der Waals surface area contributed by atoms with Crippen molar-refractivity contribution < 1.29 is 4.74 Å². The summed E-state index contributed by atoms with van der Waals surface area (Å²) in [6, 6.07) is 0.227. The van der Waals surface area contributed by atoms with Crippen LogP contribution in [0.2, 0.25) is 5.02 Å². The molecule has 0 fully saturated rings. The first-order valence-corrected chi connectivity index (χ1v) is 6.37. The van der Waals surface area contributed by atoms with Gasteiger partial charge in [-0.3, -0.25) is 4.68 Å². The third-order valence-electron chi connectivity index (χ3n) is 2.81. The minimum atomic E-state index is 0.227. The van der Waals surface area contributed by atoms with Crippen molar-refractivity contribution in [1.29, 1.82) is 0 Å². The molecule has 0 aromatic carbocycles. The van der Waals surface area contributed by atoms with Gasteiger partial charge in [0.2, 0.25) is 0 Å². The Hall–Kier alpha value is -0.580. The van der Waals surface area contributed by atoms with E-state index in [1.165, 1.54) is 0 Å². The second kappa shape index (κ2) is 6.99. The molecule has 1 rings (SSSR count). The molecule has 1 heterocycles. The minimum absolute atomic E-state index is 0.227. The second-order valence-electron chi connectivity index (χ2n) is 4.41. The minimum Gasteiger partial charge on any atom is -0.384 e. The van der Waals surface area contributed by atoms with Crippen LogP contribution in [0.3, 0.4) is 0 Å². The first-order chi connectivity index (χ1) is 8.10. The zero-order chi connectivity index (χ0) is 12.8. The van der Waals surface area contributed by atoms with E-state index in [4.69, 9.17) is 16.3 Å². The first kappa shape index (κ1) is 14.5. The lowest BCUT2D eigenvalue weighted by molar-refractivity contribution is 0.149. The maximum Gasteiger partial charge on any atom is 0.0834 e. The van der Waals surface area contributed by atoms with Gasteiger partial charge in [0.25, 0.3) is 0 Å². The molecule has 1 N–H and O–H groups in total. The maximum atomic E-state index is 6.18. The van der Waals surface area contributed by atoms with Crippen LogP contribution in [-0.2, 0) is 11.8 Å². The highest BCUT2D eigenvalue weighted by Crippen LogP contribution is 2.27. The predicted octanol–water partition coefficient (Wildman–Crippen LogP) is 2.40. The van der Waals surface area contributed by atoms with E-state index in [1.807, 2.05) is 11.7 Å². The molecule has 1 aromatic heterocycles. The van der Waals surface area contributed by atoms with Crippen molar-refractivity contribution in [2.45, 2.75) is 26.3 Å². The van der Waals surface area contributed by atoms with Crippen molar-refractivity contribution in [3.8, 4) is 0 Å². The summed E-state index contributed by atoms with van der Waals surface area (Å²) in [7, 11) is 3.66. The number of hydrogen-bond acceptors (Lipinski definition) is 3. The number of ether oxygens (including phenoxy) is 1. The van der Waals surface area contributed by atoms with Crippen LogP contribution in [0.5, 0.6) is 0 Å². The Balaban J connectivity index is 2.78. The second-order valence-corrected chi connectivity index (χ2v) is 4.82. The van der Waals surface area contributed by atoms with Gasteiger partial charge in [0.1, 0.15) is 0 Å². The molecule has 17 heavy (non-hydrogen) atoms. The van der Waals surface area contributed by atoms with Gasteiger partial charge in [-0.2, -0.15) is 5.10 Å². The Bertz CT molecular complexity index is 321. The maximum absolute atomic E-state index is 6.18. The molecule has 0 aliphatic heterocycles. The highest BCUT2D eigenvalue weighted by atomic mass is 35.5. The van der Waals surface area contributed by atoms with Crippen LogP contribution in [0.25, 0.3) is 0 Å². The van der Waals surface area contributed by atoms with Crippen LogP contribution in [0, 0.1) is 5.92 Å². The predicted molar refractivity (Wildman–Crippen MR) is 70.3 cm³/mol. The van der Waals surface area contributed by atoms with Crippen LogP contribution in [0.4, 0.5) is 0 Å². The Morgan fingerprint density at radius 2 is 2.29 bits per heavy atom. The average Bonchev–Trinajstić information content (AvgIpc) is 2.58. The van der Waals surface area contributed by atoms with Gasteiger partial charge in [0.05, 0.1) is 23.0 Å². The van der Waals surface area contributed by atoms with E-state index in [-0.39, 0.29) is 6.04 Å². The number of halogens is 1. The Labute approximate surface area is 108 Å². The number of methoxy groups -OCH3 is 1. The largest absolute Gasteiger partial charge is 0.384 e. The van der Waals surface area contributed by atoms with Crippen LogP contribution >= 0.6 is 11.6 Å². The van der Waals surface area contributed by atoms with Crippen molar-refractivity contribution >= 4 is 11.6 Å². The highest BCUT2D eigenvalue weighted by molar-refractivity contribution is 6.31. The fourth-order valence-corrected chi connectivity index (χ4v) is 2.40. The monoisotopic (exact) mass is 259 g/mol. The quantitative estimate of drug-likeness (QED) is 0.817. The number of aryl methyl sites for hydroxylation is 1. The fraction of sp³-hybridized carbons (Fsp3) is 0.750. The summed E-state index contributed by atoms with van der Waals surface area (Å²) in [4.78, 5) is 0. The molecule has 1 aromatic rings. The summed E-state index contributed by atoms with van der Waals surface area (Å²) in [6.45, 7) is 5.94. The van der Waals surface area contributed by atoms with Crippen molar-refractivity contribution in [2.24, 2.45) is 13.0 Å². The van der Waals surface area contributed by atoms with Gasteiger partial charge in [-0.05, 0) is 18.9 Å². The van der Waals surface area contributed by atoms with E-state index in [0.717, 1.165) is 30.3 Å². The van der Waals surface area contributed by atoms with E-state index in [1.54, 1.807) is 13.3 Å². The van der Waals surface area contributed by atoms with E-state index in [0.29, 0.717) is 5.92 Å². The van der Waals surface area contributed by atoms with Crippen LogP contribution in [0.15, 0.2) is 6.20 Å². The summed E-state index contributed by atoms with van der Waals surface area (Å²) in [5.41, 5.74) is 1.05. The van der Waals surface area contributed by atoms with Crippen molar-refractivity contribution in [1.82, 2.24) is 15.1 Å². The smallest absolute Gasteiger partial charge is 0.0834 e. The van der Waals surface area contributed by atoms with Crippen LogP contribution < -0.4 is 5.32 Å². The standard InChI is InChI=1S/C12H22ClN3O/c1-5-14-11(6-9(2)8-17-4)12-10(13)7-15-16(12)3/h7,9,11,14H,5-6,8H2,1-4H3. The zero-order valence-electron chi connectivity index (χ0n) is 11.0. The van der Waals surface area contributed by atoms with Gasteiger partial charge in [-0.1, -0.05) is 25.4 Å². The van der Waals surface area contributed by atoms with Crippen molar-refractivity contribution in [2.75, 3.05) is 20.3 Å². The van der Waals surface area contributed by atoms with Crippen LogP contribution in [-0.4, -0.2) is 30.0 Å². The molecule has 98 valence electrons. The van der Waals surface area contributed by atoms with Crippen molar-refractivity contribution in [3.63, 3.8) is 0 Å². The van der Waals surface area contributed by atoms with E-state index in [9.17, 15) is 0 Å². The summed E-state index contributed by atoms with van der Waals surface area (Å²) >= 11 is 6.18. The third-order valence-corrected chi connectivity index (χ3v) is 3.10. The van der Waals surface area contributed by atoms with E-state index < -0.39 is 0 Å². The molecule has 0 radical (unpaired) electrons. The summed E-state index contributed by atoms with van der Waals surface area (Å²) in [5.74, 6) is 0.481. The molecule has 0 bridgehead atoms. The summed E-state index contributed by atoms with van der Waals surface area (Å²) in [5, 5.41) is 8.37. The SMILES string of the molecule is CCNC(CC(C)COC)c1c(Cl)cnn1C.